The van der Waals surface area contributed by atoms with Gasteiger partial charge in [-0.1, -0.05) is 95.5 Å². The molecule has 0 bridgehead atoms. The van der Waals surface area contributed by atoms with Crippen LogP contribution in [0.1, 0.15) is 89.2 Å². The number of fused-ring (bicyclic) bond motifs is 1. The molecule has 4 heteroatoms. The van der Waals surface area contributed by atoms with E-state index in [-0.39, 0.29) is 4.90 Å². The summed E-state index contributed by atoms with van der Waals surface area (Å²) >= 11 is 0. The summed E-state index contributed by atoms with van der Waals surface area (Å²) in [5, 5.41) is 1.54. The SMILES string of the molecule is CCCCCCCc1ccc2c(S(=O)(=O)O)c(CCCCCCC)ccc2c1. The van der Waals surface area contributed by atoms with E-state index in [1.807, 2.05) is 24.3 Å². The first-order valence-electron chi connectivity index (χ1n) is 11.0. The van der Waals surface area contributed by atoms with Crippen LogP contribution < -0.4 is 0 Å². The van der Waals surface area contributed by atoms with E-state index < -0.39 is 10.1 Å². The molecule has 156 valence electrons. The van der Waals surface area contributed by atoms with Crippen LogP contribution in [-0.4, -0.2) is 13.0 Å². The number of aryl methyl sites for hydroxylation is 2. The highest BCUT2D eigenvalue weighted by Gasteiger charge is 2.19. The molecule has 0 amide bonds. The smallest absolute Gasteiger partial charge is 0.282 e. The summed E-state index contributed by atoms with van der Waals surface area (Å²) in [6.45, 7) is 4.40. The monoisotopic (exact) mass is 404 g/mol. The van der Waals surface area contributed by atoms with E-state index in [4.69, 9.17) is 0 Å². The lowest BCUT2D eigenvalue weighted by Crippen LogP contribution is -2.05. The summed E-state index contributed by atoms with van der Waals surface area (Å²) in [5.74, 6) is 0. The molecule has 0 unspecified atom stereocenters. The average Bonchev–Trinajstić information content (AvgIpc) is 2.66. The number of hydrogen-bond donors (Lipinski definition) is 1. The number of hydrogen-bond acceptors (Lipinski definition) is 2. The maximum Gasteiger partial charge on any atom is 0.295 e. The Hall–Kier alpha value is -1.39. The van der Waals surface area contributed by atoms with Gasteiger partial charge in [-0.25, -0.2) is 0 Å². The summed E-state index contributed by atoms with van der Waals surface area (Å²) in [5.41, 5.74) is 1.97. The van der Waals surface area contributed by atoms with Crippen molar-refractivity contribution in [2.75, 3.05) is 0 Å². The van der Waals surface area contributed by atoms with Gasteiger partial charge in [0.15, 0.2) is 0 Å². The molecule has 2 rings (SSSR count). The third-order valence-corrected chi connectivity index (χ3v) is 6.49. The van der Waals surface area contributed by atoms with Crippen LogP contribution in [0.4, 0.5) is 0 Å². The minimum atomic E-state index is -4.25. The number of benzene rings is 2. The van der Waals surface area contributed by atoms with E-state index in [9.17, 15) is 13.0 Å². The van der Waals surface area contributed by atoms with Crippen LogP contribution in [0.3, 0.4) is 0 Å². The maximum atomic E-state index is 12.1. The fraction of sp³-hybridized carbons (Fsp3) is 0.583. The molecule has 2 aromatic rings. The Kier molecular flexibility index (Phi) is 9.46. The van der Waals surface area contributed by atoms with Gasteiger partial charge in [0, 0.05) is 5.39 Å². The van der Waals surface area contributed by atoms with Crippen LogP contribution in [0.15, 0.2) is 35.2 Å². The van der Waals surface area contributed by atoms with Crippen LogP contribution >= 0.6 is 0 Å². The van der Waals surface area contributed by atoms with E-state index in [0.717, 1.165) is 36.6 Å². The standard InChI is InChI=1S/C24H36O3S/c1-3-5-7-9-11-13-20-15-18-23-22(19-20)17-16-21(24(23)28(25,26)27)14-12-10-8-6-4-2/h15-19H,3-14H2,1-2H3,(H,25,26,27). The topological polar surface area (TPSA) is 54.4 Å². The first kappa shape index (κ1) is 22.9. The van der Waals surface area contributed by atoms with Gasteiger partial charge < -0.3 is 0 Å². The van der Waals surface area contributed by atoms with Crippen molar-refractivity contribution in [1.29, 1.82) is 0 Å². The van der Waals surface area contributed by atoms with Crippen LogP contribution in [0.25, 0.3) is 10.8 Å². The molecule has 0 spiro atoms. The molecule has 2 aromatic carbocycles. The predicted molar refractivity (Wildman–Crippen MR) is 119 cm³/mol. The second-order valence-electron chi connectivity index (χ2n) is 7.91. The first-order chi connectivity index (χ1) is 13.5. The van der Waals surface area contributed by atoms with Crippen molar-refractivity contribution in [1.82, 2.24) is 0 Å². The van der Waals surface area contributed by atoms with Gasteiger partial charge >= 0.3 is 0 Å². The molecule has 0 aliphatic rings. The Morgan fingerprint density at radius 2 is 1.36 bits per heavy atom. The summed E-state index contributed by atoms with van der Waals surface area (Å²) in [6, 6.07) is 9.86. The molecule has 1 N–H and O–H groups in total. The third kappa shape index (κ3) is 6.89. The van der Waals surface area contributed by atoms with Gasteiger partial charge in [-0.2, -0.15) is 8.42 Å². The van der Waals surface area contributed by atoms with Crippen LogP contribution in [0, 0.1) is 0 Å². The van der Waals surface area contributed by atoms with Gasteiger partial charge in [-0.3, -0.25) is 4.55 Å². The van der Waals surface area contributed by atoms with Gasteiger partial charge in [0.1, 0.15) is 4.90 Å². The average molecular weight is 405 g/mol. The van der Waals surface area contributed by atoms with E-state index >= 15 is 0 Å². The zero-order chi connectivity index (χ0) is 20.4. The summed E-state index contributed by atoms with van der Waals surface area (Å²) in [6.07, 6.45) is 13.5. The van der Waals surface area contributed by atoms with E-state index in [1.165, 1.54) is 50.5 Å². The summed E-state index contributed by atoms with van der Waals surface area (Å²) in [7, 11) is -4.25. The quantitative estimate of drug-likeness (QED) is 0.286. The molecule has 0 heterocycles. The van der Waals surface area contributed by atoms with Crippen molar-refractivity contribution >= 4 is 20.9 Å². The zero-order valence-electron chi connectivity index (χ0n) is 17.5. The second kappa shape index (κ2) is 11.6. The van der Waals surface area contributed by atoms with Crippen molar-refractivity contribution < 1.29 is 13.0 Å². The Balaban J connectivity index is 2.17. The molecule has 0 saturated heterocycles. The number of rotatable bonds is 13. The molecule has 28 heavy (non-hydrogen) atoms. The molecule has 0 saturated carbocycles. The highest BCUT2D eigenvalue weighted by molar-refractivity contribution is 7.86. The lowest BCUT2D eigenvalue weighted by atomic mass is 9.98. The van der Waals surface area contributed by atoms with Crippen LogP contribution in [-0.2, 0) is 23.0 Å². The van der Waals surface area contributed by atoms with E-state index in [2.05, 4.69) is 19.9 Å². The molecule has 0 atom stereocenters. The van der Waals surface area contributed by atoms with Crippen LogP contribution in [0.5, 0.6) is 0 Å². The maximum absolute atomic E-state index is 12.1. The van der Waals surface area contributed by atoms with Crippen molar-refractivity contribution in [2.45, 2.75) is 95.8 Å². The van der Waals surface area contributed by atoms with E-state index in [1.54, 1.807) is 0 Å². The van der Waals surface area contributed by atoms with Crippen molar-refractivity contribution in [3.8, 4) is 0 Å². The highest BCUT2D eigenvalue weighted by atomic mass is 32.2. The van der Waals surface area contributed by atoms with Gasteiger partial charge in [-0.15, -0.1) is 0 Å². The van der Waals surface area contributed by atoms with Gasteiger partial charge in [0.25, 0.3) is 10.1 Å². The molecular weight excluding hydrogens is 368 g/mol. The molecule has 0 fully saturated rings. The van der Waals surface area contributed by atoms with Gasteiger partial charge in [0.2, 0.25) is 0 Å². The normalized spacial score (nSPS) is 12.0. The van der Waals surface area contributed by atoms with Gasteiger partial charge in [-0.05, 0) is 42.2 Å². The first-order valence-corrected chi connectivity index (χ1v) is 12.4. The van der Waals surface area contributed by atoms with Crippen molar-refractivity contribution in [3.05, 3.63) is 41.5 Å². The summed E-state index contributed by atoms with van der Waals surface area (Å²) in [4.78, 5) is 0.106. The largest absolute Gasteiger partial charge is 0.295 e. The Labute approximate surface area is 171 Å². The molecule has 0 aromatic heterocycles. The van der Waals surface area contributed by atoms with Crippen molar-refractivity contribution in [3.63, 3.8) is 0 Å². The minimum absolute atomic E-state index is 0.106. The highest BCUT2D eigenvalue weighted by Crippen LogP contribution is 2.29. The van der Waals surface area contributed by atoms with Crippen molar-refractivity contribution in [2.24, 2.45) is 0 Å². The summed E-state index contributed by atoms with van der Waals surface area (Å²) < 4.78 is 34.1. The zero-order valence-corrected chi connectivity index (χ0v) is 18.4. The fourth-order valence-electron chi connectivity index (χ4n) is 3.90. The Morgan fingerprint density at radius 3 is 1.96 bits per heavy atom. The molecule has 3 nitrogen and oxygen atoms in total. The lowest BCUT2D eigenvalue weighted by Gasteiger charge is -2.12. The lowest BCUT2D eigenvalue weighted by molar-refractivity contribution is 0.483. The Morgan fingerprint density at radius 1 is 0.750 bits per heavy atom. The second-order valence-corrected chi connectivity index (χ2v) is 9.27. The van der Waals surface area contributed by atoms with Gasteiger partial charge in [0.05, 0.1) is 0 Å². The van der Waals surface area contributed by atoms with E-state index in [0.29, 0.717) is 11.8 Å². The molecular formula is C24H36O3S. The molecule has 0 aliphatic heterocycles. The minimum Gasteiger partial charge on any atom is -0.282 e. The third-order valence-electron chi connectivity index (χ3n) is 5.49. The molecule has 0 aliphatic carbocycles. The van der Waals surface area contributed by atoms with Crippen LogP contribution in [0.2, 0.25) is 0 Å². The fourth-order valence-corrected chi connectivity index (χ4v) is 4.87. The number of unbranched alkanes of at least 4 members (excludes halogenated alkanes) is 8. The Bertz CT molecular complexity index is 840. The predicted octanol–water partition coefficient (Wildman–Crippen LogP) is 7.11. The molecule has 0 radical (unpaired) electrons.